The van der Waals surface area contributed by atoms with Crippen LogP contribution in [0.3, 0.4) is 0 Å². The molecule has 0 radical (unpaired) electrons. The first-order chi connectivity index (χ1) is 4.93. The van der Waals surface area contributed by atoms with E-state index in [-0.39, 0.29) is 6.15 Å². The third-order valence-electron chi connectivity index (χ3n) is 1.29. The molecule has 66 valence electrons. The number of ether oxygens (including phenoxy) is 1. The third kappa shape index (κ3) is 4.42. The van der Waals surface area contributed by atoms with Crippen molar-refractivity contribution in [3.8, 4) is 0 Å². The Morgan fingerprint density at radius 1 is 1.73 bits per heavy atom. The van der Waals surface area contributed by atoms with Gasteiger partial charge < -0.3 is 16.2 Å². The standard InChI is InChI=1S/C7H13NOS.H3N/c1-2-5-10-7-6-8-3-4-9-7;/h2,7-8H,1,3-6H2;1H3. The molecule has 1 fully saturated rings. The summed E-state index contributed by atoms with van der Waals surface area (Å²) in [4.78, 5) is 0. The van der Waals surface area contributed by atoms with E-state index in [1.165, 1.54) is 0 Å². The molecule has 11 heavy (non-hydrogen) atoms. The van der Waals surface area contributed by atoms with Gasteiger partial charge in [0.25, 0.3) is 0 Å². The van der Waals surface area contributed by atoms with Gasteiger partial charge in [0.2, 0.25) is 0 Å². The van der Waals surface area contributed by atoms with Gasteiger partial charge in [-0.3, -0.25) is 0 Å². The van der Waals surface area contributed by atoms with E-state index >= 15 is 0 Å². The Kier molecular flexibility index (Phi) is 6.65. The lowest BCUT2D eigenvalue weighted by molar-refractivity contribution is 0.0854. The van der Waals surface area contributed by atoms with Crippen molar-refractivity contribution in [2.45, 2.75) is 5.44 Å². The lowest BCUT2D eigenvalue weighted by Gasteiger charge is -2.22. The smallest absolute Gasteiger partial charge is 0.116 e. The van der Waals surface area contributed by atoms with Crippen LogP contribution in [-0.2, 0) is 4.74 Å². The van der Waals surface area contributed by atoms with E-state index in [2.05, 4.69) is 11.9 Å². The summed E-state index contributed by atoms with van der Waals surface area (Å²) in [5, 5.41) is 3.26. The minimum Gasteiger partial charge on any atom is -0.365 e. The van der Waals surface area contributed by atoms with Crippen LogP contribution in [0, 0.1) is 0 Å². The molecule has 0 bridgehead atoms. The molecule has 0 aromatic carbocycles. The maximum Gasteiger partial charge on any atom is 0.116 e. The van der Waals surface area contributed by atoms with Crippen molar-refractivity contribution in [2.75, 3.05) is 25.4 Å². The van der Waals surface area contributed by atoms with Crippen LogP contribution < -0.4 is 11.5 Å². The normalized spacial score (nSPS) is 23.8. The fraction of sp³-hybridized carbons (Fsp3) is 0.714. The van der Waals surface area contributed by atoms with Crippen molar-refractivity contribution >= 4 is 11.8 Å². The first-order valence-corrected chi connectivity index (χ1v) is 4.53. The molecular formula is C7H16N2OS. The van der Waals surface area contributed by atoms with E-state index in [1.807, 2.05) is 6.08 Å². The van der Waals surface area contributed by atoms with Gasteiger partial charge in [-0.2, -0.15) is 0 Å². The summed E-state index contributed by atoms with van der Waals surface area (Å²) in [7, 11) is 0. The lowest BCUT2D eigenvalue weighted by Crippen LogP contribution is -2.36. The summed E-state index contributed by atoms with van der Waals surface area (Å²) in [6, 6.07) is 0. The number of thioether (sulfide) groups is 1. The molecule has 0 amide bonds. The molecule has 3 nitrogen and oxygen atoms in total. The number of rotatable bonds is 3. The van der Waals surface area contributed by atoms with Crippen molar-refractivity contribution in [3.05, 3.63) is 12.7 Å². The van der Waals surface area contributed by atoms with E-state index < -0.39 is 0 Å². The molecule has 1 atom stereocenters. The highest BCUT2D eigenvalue weighted by Gasteiger charge is 2.11. The Labute approximate surface area is 72.2 Å². The number of nitrogens with one attached hydrogen (secondary N) is 1. The molecule has 0 spiro atoms. The van der Waals surface area contributed by atoms with Gasteiger partial charge in [0.15, 0.2) is 0 Å². The highest BCUT2D eigenvalue weighted by Crippen LogP contribution is 2.12. The van der Waals surface area contributed by atoms with E-state index in [0.717, 1.165) is 25.4 Å². The van der Waals surface area contributed by atoms with Gasteiger partial charge in [-0.05, 0) is 0 Å². The van der Waals surface area contributed by atoms with E-state index in [9.17, 15) is 0 Å². The molecule has 1 unspecified atom stereocenters. The molecule has 1 heterocycles. The second-order valence-corrected chi connectivity index (χ2v) is 3.32. The van der Waals surface area contributed by atoms with Gasteiger partial charge in [-0.25, -0.2) is 0 Å². The van der Waals surface area contributed by atoms with Crippen LogP contribution >= 0.6 is 11.8 Å². The molecule has 1 saturated heterocycles. The minimum absolute atomic E-state index is 0. The summed E-state index contributed by atoms with van der Waals surface area (Å²) in [6.07, 6.45) is 1.91. The maximum absolute atomic E-state index is 5.43. The monoisotopic (exact) mass is 176 g/mol. The molecule has 0 aliphatic carbocycles. The first-order valence-electron chi connectivity index (χ1n) is 3.48. The highest BCUT2D eigenvalue weighted by molar-refractivity contribution is 7.99. The molecule has 0 aromatic heterocycles. The summed E-state index contributed by atoms with van der Waals surface area (Å²) in [5.41, 5.74) is 0.340. The Hall–Kier alpha value is -0.0300. The van der Waals surface area contributed by atoms with Crippen LogP contribution in [0.5, 0.6) is 0 Å². The van der Waals surface area contributed by atoms with Crippen LogP contribution in [0.15, 0.2) is 12.7 Å². The molecular weight excluding hydrogens is 160 g/mol. The summed E-state index contributed by atoms with van der Waals surface area (Å²) in [6.45, 7) is 6.45. The Morgan fingerprint density at radius 2 is 2.55 bits per heavy atom. The van der Waals surface area contributed by atoms with Gasteiger partial charge >= 0.3 is 0 Å². The lowest BCUT2D eigenvalue weighted by atomic mass is 10.5. The largest absolute Gasteiger partial charge is 0.365 e. The topological polar surface area (TPSA) is 56.3 Å². The van der Waals surface area contributed by atoms with Crippen LogP contribution in [0.1, 0.15) is 0 Å². The zero-order valence-electron chi connectivity index (χ0n) is 6.71. The molecule has 1 rings (SSSR count). The second kappa shape index (κ2) is 6.67. The van der Waals surface area contributed by atoms with E-state index in [4.69, 9.17) is 4.74 Å². The molecule has 4 N–H and O–H groups in total. The van der Waals surface area contributed by atoms with Crippen LogP contribution in [0.25, 0.3) is 0 Å². The molecule has 4 heteroatoms. The molecule has 1 aliphatic rings. The number of hydrogen-bond donors (Lipinski definition) is 2. The van der Waals surface area contributed by atoms with Gasteiger partial charge in [0.1, 0.15) is 5.44 Å². The van der Waals surface area contributed by atoms with Gasteiger partial charge in [0.05, 0.1) is 6.61 Å². The second-order valence-electron chi connectivity index (χ2n) is 2.13. The van der Waals surface area contributed by atoms with Gasteiger partial charge in [0, 0.05) is 18.8 Å². The van der Waals surface area contributed by atoms with Crippen LogP contribution in [0.2, 0.25) is 0 Å². The molecule has 1 aliphatic heterocycles. The average molecular weight is 176 g/mol. The van der Waals surface area contributed by atoms with E-state index in [1.54, 1.807) is 11.8 Å². The zero-order chi connectivity index (χ0) is 7.23. The molecule has 0 aromatic rings. The fourth-order valence-corrected chi connectivity index (χ4v) is 1.60. The van der Waals surface area contributed by atoms with Crippen molar-refractivity contribution in [1.29, 1.82) is 0 Å². The van der Waals surface area contributed by atoms with Gasteiger partial charge in [-0.15, -0.1) is 18.3 Å². The van der Waals surface area contributed by atoms with E-state index in [0.29, 0.717) is 5.44 Å². The van der Waals surface area contributed by atoms with Crippen LogP contribution in [-0.4, -0.2) is 30.9 Å². The zero-order valence-corrected chi connectivity index (χ0v) is 7.53. The first kappa shape index (κ1) is 11.0. The predicted octanol–water partition coefficient (Wildman–Crippen LogP) is 1.01. The minimum atomic E-state index is 0. The Balaban J connectivity index is 0.000001000. The SMILES string of the molecule is C=CCSC1CNCCO1.N. The summed E-state index contributed by atoms with van der Waals surface area (Å²) in [5.74, 6) is 0.979. The Bertz CT molecular complexity index is 105. The van der Waals surface area contributed by atoms with Crippen LogP contribution in [0.4, 0.5) is 0 Å². The quantitative estimate of drug-likeness (QED) is 0.630. The number of morpholine rings is 1. The average Bonchev–Trinajstić information content (AvgIpc) is 2.03. The van der Waals surface area contributed by atoms with Crippen molar-refractivity contribution in [2.24, 2.45) is 0 Å². The van der Waals surface area contributed by atoms with Gasteiger partial charge in [-0.1, -0.05) is 6.08 Å². The van der Waals surface area contributed by atoms with Crippen molar-refractivity contribution in [3.63, 3.8) is 0 Å². The maximum atomic E-state index is 5.43. The third-order valence-corrected chi connectivity index (χ3v) is 2.40. The van der Waals surface area contributed by atoms with Crippen molar-refractivity contribution < 1.29 is 4.74 Å². The predicted molar refractivity (Wildman–Crippen MR) is 50.3 cm³/mol. The highest BCUT2D eigenvalue weighted by atomic mass is 32.2. The molecule has 0 saturated carbocycles. The Morgan fingerprint density at radius 3 is 3.09 bits per heavy atom. The summed E-state index contributed by atoms with van der Waals surface area (Å²) < 4.78 is 5.43. The summed E-state index contributed by atoms with van der Waals surface area (Å²) >= 11 is 1.79. The number of hydrogen-bond acceptors (Lipinski definition) is 4. The fourth-order valence-electron chi connectivity index (χ4n) is 0.824. The van der Waals surface area contributed by atoms with Crippen molar-refractivity contribution in [1.82, 2.24) is 11.5 Å².